The molecule has 2 rings (SSSR count). The topological polar surface area (TPSA) is 78.4 Å². The van der Waals surface area contributed by atoms with Crippen LogP contribution >= 0.6 is 11.3 Å². The molecule has 0 spiro atoms. The Balaban J connectivity index is 1.86. The molecule has 3 N–H and O–H groups in total. The predicted molar refractivity (Wildman–Crippen MR) is 94.0 cm³/mol. The molecule has 0 unspecified atom stereocenters. The highest BCUT2D eigenvalue weighted by atomic mass is 32.1. The van der Waals surface area contributed by atoms with Gasteiger partial charge < -0.3 is 16.0 Å². The van der Waals surface area contributed by atoms with Crippen LogP contribution in [0.5, 0.6) is 0 Å². The molecule has 26 heavy (non-hydrogen) atoms. The second-order valence-electron chi connectivity index (χ2n) is 5.18. The molecular weight excluding hydrogens is 367 g/mol. The number of amides is 1. The van der Waals surface area contributed by atoms with E-state index in [0.29, 0.717) is 23.1 Å². The summed E-state index contributed by atoms with van der Waals surface area (Å²) in [4.78, 5) is 19.1. The maximum atomic E-state index is 12.5. The lowest BCUT2D eigenvalue weighted by molar-refractivity contribution is -0.140. The van der Waals surface area contributed by atoms with Gasteiger partial charge in [0.15, 0.2) is 11.7 Å². The van der Waals surface area contributed by atoms with E-state index < -0.39 is 11.9 Å². The van der Waals surface area contributed by atoms with Gasteiger partial charge in [0.05, 0.1) is 6.54 Å². The molecule has 1 amide bonds. The number of carbonyl (C=O) groups excluding carboxylic acids is 1. The van der Waals surface area contributed by atoms with E-state index in [4.69, 9.17) is 0 Å². The quantitative estimate of drug-likeness (QED) is 0.546. The van der Waals surface area contributed by atoms with E-state index in [1.54, 1.807) is 38.4 Å². The van der Waals surface area contributed by atoms with Crippen molar-refractivity contribution in [3.05, 3.63) is 51.5 Å². The van der Waals surface area contributed by atoms with Crippen LogP contribution in [0.25, 0.3) is 0 Å². The molecule has 140 valence electrons. The van der Waals surface area contributed by atoms with Gasteiger partial charge in [-0.3, -0.25) is 9.79 Å². The van der Waals surface area contributed by atoms with Crippen molar-refractivity contribution in [3.63, 3.8) is 0 Å². The summed E-state index contributed by atoms with van der Waals surface area (Å²) in [7, 11) is 3.13. The molecule has 10 heteroatoms. The number of halogens is 3. The van der Waals surface area contributed by atoms with Crippen molar-refractivity contribution in [3.8, 4) is 0 Å². The number of thiazole rings is 1. The zero-order chi connectivity index (χ0) is 19.2. The van der Waals surface area contributed by atoms with Crippen LogP contribution in [0.2, 0.25) is 0 Å². The number of benzene rings is 1. The van der Waals surface area contributed by atoms with E-state index in [1.807, 2.05) is 0 Å². The van der Waals surface area contributed by atoms with Crippen LogP contribution in [0.3, 0.4) is 0 Å². The largest absolute Gasteiger partial charge is 0.434 e. The Morgan fingerprint density at radius 3 is 2.38 bits per heavy atom. The van der Waals surface area contributed by atoms with Crippen LogP contribution in [-0.2, 0) is 19.3 Å². The van der Waals surface area contributed by atoms with E-state index in [1.165, 1.54) is 0 Å². The van der Waals surface area contributed by atoms with Gasteiger partial charge in [-0.25, -0.2) is 4.98 Å². The van der Waals surface area contributed by atoms with Gasteiger partial charge in [0.25, 0.3) is 5.91 Å². The molecule has 1 aromatic carbocycles. The smallest absolute Gasteiger partial charge is 0.355 e. The van der Waals surface area contributed by atoms with E-state index >= 15 is 0 Å². The molecule has 0 bridgehead atoms. The molecule has 1 aromatic heterocycles. The van der Waals surface area contributed by atoms with Crippen LogP contribution < -0.4 is 16.0 Å². The lowest BCUT2D eigenvalue weighted by atomic mass is 10.1. The third-order valence-corrected chi connectivity index (χ3v) is 4.22. The van der Waals surface area contributed by atoms with Crippen molar-refractivity contribution >= 4 is 23.2 Å². The number of hydrogen-bond acceptors (Lipinski definition) is 4. The van der Waals surface area contributed by atoms with Gasteiger partial charge in [-0.1, -0.05) is 12.1 Å². The van der Waals surface area contributed by atoms with E-state index in [0.717, 1.165) is 22.3 Å². The third kappa shape index (κ3) is 5.45. The molecular formula is C16H18F3N5OS. The van der Waals surface area contributed by atoms with Crippen LogP contribution in [0.4, 0.5) is 13.2 Å². The van der Waals surface area contributed by atoms with Crippen LogP contribution in [0.1, 0.15) is 26.6 Å². The first-order valence-corrected chi connectivity index (χ1v) is 8.48. The Labute approximate surface area is 152 Å². The molecule has 0 saturated carbocycles. The first kappa shape index (κ1) is 19.7. The number of hydrogen-bond donors (Lipinski definition) is 3. The fraction of sp³-hybridized carbons (Fsp3) is 0.312. The van der Waals surface area contributed by atoms with Gasteiger partial charge in [0, 0.05) is 31.6 Å². The predicted octanol–water partition coefficient (Wildman–Crippen LogP) is 2.39. The first-order valence-electron chi connectivity index (χ1n) is 7.60. The van der Waals surface area contributed by atoms with Crippen LogP contribution in [0, 0.1) is 0 Å². The summed E-state index contributed by atoms with van der Waals surface area (Å²) in [6.07, 6.45) is -4.44. The van der Waals surface area contributed by atoms with Crippen molar-refractivity contribution in [2.75, 3.05) is 14.1 Å². The molecule has 0 aliphatic carbocycles. The first-order chi connectivity index (χ1) is 12.3. The number of aromatic nitrogens is 1. The second kappa shape index (κ2) is 8.65. The Morgan fingerprint density at radius 2 is 1.85 bits per heavy atom. The molecule has 1 heterocycles. The van der Waals surface area contributed by atoms with Gasteiger partial charge >= 0.3 is 6.18 Å². The number of nitrogens with zero attached hydrogens (tertiary/aromatic N) is 2. The monoisotopic (exact) mass is 385 g/mol. The zero-order valence-corrected chi connectivity index (χ0v) is 15.0. The van der Waals surface area contributed by atoms with Gasteiger partial charge in [0.2, 0.25) is 0 Å². The Hall–Kier alpha value is -2.62. The molecule has 0 aliphatic rings. The molecule has 0 radical (unpaired) electrons. The van der Waals surface area contributed by atoms with Gasteiger partial charge in [-0.15, -0.1) is 11.3 Å². The average Bonchev–Trinajstić information content (AvgIpc) is 3.11. The summed E-state index contributed by atoms with van der Waals surface area (Å²) in [5.41, 5.74) is 0.593. The van der Waals surface area contributed by atoms with Crippen LogP contribution in [-0.4, -0.2) is 30.9 Å². The molecule has 0 aliphatic heterocycles. The molecule has 0 fully saturated rings. The molecule has 6 nitrogen and oxygen atoms in total. The summed E-state index contributed by atoms with van der Waals surface area (Å²) in [6.45, 7) is 0.579. The van der Waals surface area contributed by atoms with Crippen LogP contribution in [0.15, 0.2) is 34.6 Å². The minimum atomic E-state index is -4.44. The van der Waals surface area contributed by atoms with Crippen molar-refractivity contribution in [1.29, 1.82) is 0 Å². The van der Waals surface area contributed by atoms with E-state index in [2.05, 4.69) is 25.9 Å². The number of alkyl halides is 3. The highest BCUT2D eigenvalue weighted by Crippen LogP contribution is 2.29. The van der Waals surface area contributed by atoms with Gasteiger partial charge in [-0.2, -0.15) is 13.2 Å². The summed E-state index contributed by atoms with van der Waals surface area (Å²) in [6, 6.07) is 7.03. The summed E-state index contributed by atoms with van der Waals surface area (Å²) >= 11 is 0.936. The number of rotatable bonds is 5. The minimum Gasteiger partial charge on any atom is -0.355 e. The summed E-state index contributed by atoms with van der Waals surface area (Å²) in [5, 5.41) is 9.81. The Bertz CT molecular complexity index is 771. The summed E-state index contributed by atoms with van der Waals surface area (Å²) in [5.74, 6) is 0.271. The average molecular weight is 385 g/mol. The minimum absolute atomic E-state index is 0.135. The standard InChI is InChI=1S/C16H18F3N5OS/c1-20-14(25)11-5-3-10(4-6-11)7-22-15(21-2)23-8-13-24-12(9-26-13)16(17,18)19/h3-6,9H,7-8H2,1-2H3,(H,20,25)(H2,21,22,23). The normalized spacial score (nSPS) is 12.0. The summed E-state index contributed by atoms with van der Waals surface area (Å²) < 4.78 is 37.6. The van der Waals surface area contributed by atoms with Crippen molar-refractivity contribution in [2.24, 2.45) is 4.99 Å². The highest BCUT2D eigenvalue weighted by molar-refractivity contribution is 7.09. The van der Waals surface area contributed by atoms with Crippen molar-refractivity contribution < 1.29 is 18.0 Å². The van der Waals surface area contributed by atoms with E-state index in [9.17, 15) is 18.0 Å². The Kier molecular flexibility index (Phi) is 6.56. The van der Waals surface area contributed by atoms with Crippen molar-refractivity contribution in [2.45, 2.75) is 19.3 Å². The Morgan fingerprint density at radius 1 is 1.19 bits per heavy atom. The van der Waals surface area contributed by atoms with Crippen molar-refractivity contribution in [1.82, 2.24) is 20.9 Å². The number of guanidine groups is 1. The maximum Gasteiger partial charge on any atom is 0.434 e. The fourth-order valence-corrected chi connectivity index (χ4v) is 2.75. The zero-order valence-electron chi connectivity index (χ0n) is 14.1. The molecule has 0 atom stereocenters. The lowest BCUT2D eigenvalue weighted by Gasteiger charge is -2.11. The van der Waals surface area contributed by atoms with Gasteiger partial charge in [0.1, 0.15) is 5.01 Å². The molecule has 0 saturated heterocycles. The van der Waals surface area contributed by atoms with Gasteiger partial charge in [-0.05, 0) is 17.7 Å². The second-order valence-corrected chi connectivity index (χ2v) is 6.12. The third-order valence-electron chi connectivity index (χ3n) is 3.38. The SMILES string of the molecule is CN=C(NCc1ccc(C(=O)NC)cc1)NCc1nc(C(F)(F)F)cs1. The number of carbonyl (C=O) groups is 1. The number of nitrogens with one attached hydrogen (secondary N) is 3. The lowest BCUT2D eigenvalue weighted by Crippen LogP contribution is -2.36. The molecule has 2 aromatic rings. The maximum absolute atomic E-state index is 12.5. The highest BCUT2D eigenvalue weighted by Gasteiger charge is 2.33. The fourth-order valence-electron chi connectivity index (χ4n) is 2.01. The van der Waals surface area contributed by atoms with E-state index in [-0.39, 0.29) is 12.5 Å². The number of aliphatic imine (C=N–C) groups is 1.